The number of hydrogen-bond donors (Lipinski definition) is 0. The fourth-order valence-corrected chi connectivity index (χ4v) is 6.40. The first-order valence-electron chi connectivity index (χ1n) is 14.8. The van der Waals surface area contributed by atoms with Crippen LogP contribution in [0, 0.1) is 0 Å². The Morgan fingerprint density at radius 2 is 1.11 bits per heavy atom. The summed E-state index contributed by atoms with van der Waals surface area (Å²) in [7, 11) is 0. The number of aromatic nitrogens is 3. The number of benzene rings is 6. The fraction of sp³-hybridized carbons (Fsp3) is 0. The van der Waals surface area contributed by atoms with Crippen LogP contribution < -0.4 is 0 Å². The first kappa shape index (κ1) is 24.6. The lowest BCUT2D eigenvalue weighted by Gasteiger charge is -2.09. The molecule has 0 saturated carbocycles. The van der Waals surface area contributed by atoms with Crippen LogP contribution in [-0.2, 0) is 0 Å². The summed E-state index contributed by atoms with van der Waals surface area (Å²) in [5.74, 6) is 0.638. The van der Waals surface area contributed by atoms with E-state index >= 15 is 0 Å². The van der Waals surface area contributed by atoms with Gasteiger partial charge in [0, 0.05) is 33.0 Å². The molecular formula is C40H25N3O. The highest BCUT2D eigenvalue weighted by molar-refractivity contribution is 6.11. The van der Waals surface area contributed by atoms with Crippen molar-refractivity contribution in [1.29, 1.82) is 0 Å². The SMILES string of the molecule is c1ccc(-c2nc(-c3cccc(-c4ccc5c(c4)c4ccccc4n5-c4ccccc4)c3)nc3oc4ccccc4c23)cc1. The zero-order valence-corrected chi connectivity index (χ0v) is 23.7. The van der Waals surface area contributed by atoms with Gasteiger partial charge in [-0.1, -0.05) is 109 Å². The van der Waals surface area contributed by atoms with Gasteiger partial charge in [0.2, 0.25) is 5.71 Å². The maximum atomic E-state index is 6.27. The number of fused-ring (bicyclic) bond motifs is 6. The van der Waals surface area contributed by atoms with Gasteiger partial charge in [0.1, 0.15) is 5.58 Å². The van der Waals surface area contributed by atoms with Crippen molar-refractivity contribution >= 4 is 43.9 Å². The molecule has 6 aromatic carbocycles. The van der Waals surface area contributed by atoms with Gasteiger partial charge in [-0.15, -0.1) is 0 Å². The van der Waals surface area contributed by atoms with Gasteiger partial charge in [-0.2, -0.15) is 4.98 Å². The van der Waals surface area contributed by atoms with E-state index in [4.69, 9.17) is 14.4 Å². The predicted octanol–water partition coefficient (Wildman–Crippen LogP) is 10.5. The van der Waals surface area contributed by atoms with E-state index in [0.717, 1.165) is 50.0 Å². The Hall–Kier alpha value is -6.00. The van der Waals surface area contributed by atoms with E-state index in [1.165, 1.54) is 21.8 Å². The van der Waals surface area contributed by atoms with Crippen LogP contribution in [0.1, 0.15) is 0 Å². The Kier molecular flexibility index (Phi) is 5.47. The monoisotopic (exact) mass is 563 g/mol. The second-order valence-corrected chi connectivity index (χ2v) is 11.0. The molecule has 9 aromatic rings. The molecule has 4 heteroatoms. The molecule has 0 bridgehead atoms. The van der Waals surface area contributed by atoms with E-state index in [-0.39, 0.29) is 0 Å². The summed E-state index contributed by atoms with van der Waals surface area (Å²) in [6.07, 6.45) is 0. The maximum absolute atomic E-state index is 6.27. The third kappa shape index (κ3) is 3.85. The molecule has 0 aliphatic heterocycles. The largest absolute Gasteiger partial charge is 0.438 e. The average Bonchev–Trinajstić information content (AvgIpc) is 3.64. The summed E-state index contributed by atoms with van der Waals surface area (Å²) < 4.78 is 8.61. The molecule has 44 heavy (non-hydrogen) atoms. The molecule has 9 rings (SSSR count). The number of nitrogens with zero attached hydrogens (tertiary/aromatic N) is 3. The van der Waals surface area contributed by atoms with E-state index in [0.29, 0.717) is 11.5 Å². The van der Waals surface area contributed by atoms with Crippen LogP contribution in [0.15, 0.2) is 156 Å². The summed E-state index contributed by atoms with van der Waals surface area (Å²) in [5.41, 5.74) is 10.0. The molecule has 0 unspecified atom stereocenters. The Bertz CT molecular complexity index is 2490. The van der Waals surface area contributed by atoms with E-state index in [9.17, 15) is 0 Å². The Balaban J connectivity index is 1.21. The van der Waals surface area contributed by atoms with Crippen LogP contribution >= 0.6 is 0 Å². The van der Waals surface area contributed by atoms with Crippen molar-refractivity contribution in [3.63, 3.8) is 0 Å². The minimum absolute atomic E-state index is 0.593. The molecule has 0 amide bonds. The number of hydrogen-bond acceptors (Lipinski definition) is 3. The van der Waals surface area contributed by atoms with Crippen molar-refractivity contribution in [3.05, 3.63) is 152 Å². The second-order valence-electron chi connectivity index (χ2n) is 11.0. The first-order chi connectivity index (χ1) is 21.8. The van der Waals surface area contributed by atoms with Crippen molar-refractivity contribution in [2.75, 3.05) is 0 Å². The van der Waals surface area contributed by atoms with Gasteiger partial charge >= 0.3 is 0 Å². The summed E-state index contributed by atoms with van der Waals surface area (Å²) in [4.78, 5) is 10.1. The molecule has 0 aliphatic rings. The Labute approximate surface area is 253 Å². The van der Waals surface area contributed by atoms with E-state index in [1.807, 2.05) is 36.4 Å². The van der Waals surface area contributed by atoms with Gasteiger partial charge in [0.25, 0.3) is 0 Å². The molecule has 0 radical (unpaired) electrons. The summed E-state index contributed by atoms with van der Waals surface area (Å²) >= 11 is 0. The van der Waals surface area contributed by atoms with Gasteiger partial charge < -0.3 is 8.98 Å². The van der Waals surface area contributed by atoms with Crippen LogP contribution in [0.25, 0.3) is 83.3 Å². The Morgan fingerprint density at radius 3 is 1.98 bits per heavy atom. The number of rotatable bonds is 4. The molecular weight excluding hydrogens is 538 g/mol. The zero-order valence-electron chi connectivity index (χ0n) is 23.7. The standard InChI is InChI=1S/C40H25N3O/c1-3-12-26(13-4-1)38-37-32-19-8-10-21-36(32)44-40(37)42-39(41-38)29-15-11-14-27(24-29)28-22-23-35-33(25-28)31-18-7-9-20-34(31)43(35)30-16-5-2-6-17-30/h1-25H. The minimum Gasteiger partial charge on any atom is -0.438 e. The molecule has 0 aliphatic carbocycles. The minimum atomic E-state index is 0.593. The first-order valence-corrected chi connectivity index (χ1v) is 14.8. The smallest absolute Gasteiger partial charge is 0.231 e. The van der Waals surface area contributed by atoms with Crippen molar-refractivity contribution in [2.45, 2.75) is 0 Å². The number of furan rings is 1. The van der Waals surface area contributed by atoms with Gasteiger partial charge in [0.05, 0.1) is 22.1 Å². The van der Waals surface area contributed by atoms with Gasteiger partial charge in [0.15, 0.2) is 5.82 Å². The lowest BCUT2D eigenvalue weighted by atomic mass is 10.00. The van der Waals surface area contributed by atoms with Crippen LogP contribution in [0.4, 0.5) is 0 Å². The molecule has 0 N–H and O–H groups in total. The molecule has 206 valence electrons. The molecule has 0 saturated heterocycles. The zero-order chi connectivity index (χ0) is 29.0. The quantitative estimate of drug-likeness (QED) is 0.214. The summed E-state index contributed by atoms with van der Waals surface area (Å²) in [6.45, 7) is 0. The van der Waals surface area contributed by atoms with Crippen molar-refractivity contribution in [2.24, 2.45) is 0 Å². The van der Waals surface area contributed by atoms with Gasteiger partial charge in [-0.25, -0.2) is 4.98 Å². The van der Waals surface area contributed by atoms with E-state index < -0.39 is 0 Å². The van der Waals surface area contributed by atoms with Crippen molar-refractivity contribution < 1.29 is 4.42 Å². The molecule has 3 aromatic heterocycles. The third-order valence-corrected chi connectivity index (χ3v) is 8.43. The highest BCUT2D eigenvalue weighted by Crippen LogP contribution is 2.38. The average molecular weight is 564 g/mol. The van der Waals surface area contributed by atoms with Gasteiger partial charge in [-0.3, -0.25) is 0 Å². The second kappa shape index (κ2) is 9.79. The lowest BCUT2D eigenvalue weighted by Crippen LogP contribution is -1.94. The summed E-state index contributed by atoms with van der Waals surface area (Å²) in [6, 6.07) is 52.7. The van der Waals surface area contributed by atoms with Crippen LogP contribution in [0.3, 0.4) is 0 Å². The molecule has 0 atom stereocenters. The normalized spacial score (nSPS) is 11.6. The number of para-hydroxylation sites is 3. The van der Waals surface area contributed by atoms with Crippen molar-refractivity contribution in [3.8, 4) is 39.5 Å². The highest BCUT2D eigenvalue weighted by atomic mass is 16.3. The Morgan fingerprint density at radius 1 is 0.455 bits per heavy atom. The van der Waals surface area contributed by atoms with Gasteiger partial charge in [-0.05, 0) is 53.6 Å². The van der Waals surface area contributed by atoms with Crippen LogP contribution in [-0.4, -0.2) is 14.5 Å². The summed E-state index contributed by atoms with van der Waals surface area (Å²) in [5, 5.41) is 4.41. The van der Waals surface area contributed by atoms with Crippen LogP contribution in [0.5, 0.6) is 0 Å². The van der Waals surface area contributed by atoms with E-state index in [2.05, 4.69) is 120 Å². The molecule has 0 spiro atoms. The molecule has 4 nitrogen and oxygen atoms in total. The molecule has 0 fully saturated rings. The predicted molar refractivity (Wildman–Crippen MR) is 180 cm³/mol. The molecule has 3 heterocycles. The maximum Gasteiger partial charge on any atom is 0.231 e. The van der Waals surface area contributed by atoms with E-state index in [1.54, 1.807) is 0 Å². The lowest BCUT2D eigenvalue weighted by molar-refractivity contribution is 0.653. The third-order valence-electron chi connectivity index (χ3n) is 8.43. The van der Waals surface area contributed by atoms with Crippen molar-refractivity contribution in [1.82, 2.24) is 14.5 Å². The fourth-order valence-electron chi connectivity index (χ4n) is 6.40. The van der Waals surface area contributed by atoms with Crippen LogP contribution in [0.2, 0.25) is 0 Å². The topological polar surface area (TPSA) is 43.9 Å². The highest BCUT2D eigenvalue weighted by Gasteiger charge is 2.18.